The minimum absolute atomic E-state index is 0. The van der Waals surface area contributed by atoms with E-state index < -0.39 is 0 Å². The van der Waals surface area contributed by atoms with Crippen molar-refractivity contribution in [3.05, 3.63) is 108 Å². The van der Waals surface area contributed by atoms with E-state index in [2.05, 4.69) is 27.7 Å². The van der Waals surface area contributed by atoms with Crippen LogP contribution in [0, 0.1) is 70.0 Å². The van der Waals surface area contributed by atoms with Crippen molar-refractivity contribution in [1.82, 2.24) is 0 Å². The molecule has 6 saturated carbocycles. The maximum atomic E-state index is 12.4. The molecule has 8 aliphatic carbocycles. The standard InChI is InChI=1S/2C19H27O2.2C10H9O2.Ti/c2*1-18-9-7-13(20)11-12(18)3-4-14-15-5-6-17(21)19(15,2)10-8-16(14)18;2*1-8(11)7-10(12)9-5-3-2-4-6-9;/h2*11,14-17H,3-10H2,1-2H3;2*2-7H,1H3;/q4*-1;/t2*14-,15?,16?,17-,18-,19-;;;/m00.../s1. The zero-order valence-electron chi connectivity index (χ0n) is 40.8. The average Bonchev–Trinajstić information content (AvgIpc) is 3.78. The largest absolute Gasteiger partial charge is 0.852 e. The predicted molar refractivity (Wildman–Crippen MR) is 253 cm³/mol. The molecule has 10 rings (SSSR count). The van der Waals surface area contributed by atoms with Crippen molar-refractivity contribution in [2.45, 2.75) is 156 Å². The SMILES string of the molecule is CC(=O)[CH-]C(=O)c1ccccc1.CC(=O)[CH-]C(=O)c1ccccc1.C[C@]12CCC(=O)C=C1CC[C@@H]1C2CC[C@@]2(C)C1CC[C@@H]2[O-].C[C@]12CCC(=O)C=C1CC[C@@H]1C2CC[C@@]2(C)C1CC[C@@H]2[O-].[Ti]. The molecule has 0 heterocycles. The molecule has 0 saturated heterocycles. The number of Topliss-reactive ketones (excluding diaryl/α,β-unsaturated/α-hetero) is 4. The molecule has 8 nitrogen and oxygen atoms in total. The van der Waals surface area contributed by atoms with Crippen molar-refractivity contribution < 1.29 is 60.7 Å². The first kappa shape index (κ1) is 52.7. The molecular formula is C58H72O8Ti-4. The summed E-state index contributed by atoms with van der Waals surface area (Å²) < 4.78 is 0. The summed E-state index contributed by atoms with van der Waals surface area (Å²) in [4.78, 5) is 67.0. The van der Waals surface area contributed by atoms with Gasteiger partial charge in [-0.3, -0.25) is 9.59 Å². The second kappa shape index (κ2) is 21.5. The van der Waals surface area contributed by atoms with Gasteiger partial charge < -0.3 is 29.4 Å². The van der Waals surface area contributed by atoms with Crippen LogP contribution in [0.5, 0.6) is 0 Å². The number of ketones is 6. The molecule has 0 radical (unpaired) electrons. The molecule has 0 aromatic heterocycles. The third kappa shape index (κ3) is 10.9. The molecule has 67 heavy (non-hydrogen) atoms. The van der Waals surface area contributed by atoms with E-state index in [1.54, 1.807) is 48.5 Å². The van der Waals surface area contributed by atoms with Crippen molar-refractivity contribution in [2.75, 3.05) is 0 Å². The summed E-state index contributed by atoms with van der Waals surface area (Å²) in [5, 5.41) is 24.9. The second-order valence-electron chi connectivity index (χ2n) is 22.1. The van der Waals surface area contributed by atoms with Gasteiger partial charge in [0.2, 0.25) is 0 Å². The Hall–Kier alpha value is -3.69. The van der Waals surface area contributed by atoms with E-state index in [1.165, 1.54) is 50.7 Å². The van der Waals surface area contributed by atoms with Crippen LogP contribution in [-0.4, -0.2) is 46.9 Å². The fourth-order valence-electron chi connectivity index (χ4n) is 14.8. The number of carbonyl (C=O) groups excluding carboxylic acids is 6. The van der Waals surface area contributed by atoms with Crippen LogP contribution in [0.25, 0.3) is 0 Å². The molecule has 0 N–H and O–H groups in total. The first-order chi connectivity index (χ1) is 31.3. The molecule has 0 amide bonds. The van der Waals surface area contributed by atoms with Gasteiger partial charge >= 0.3 is 0 Å². The molecule has 6 fully saturated rings. The predicted octanol–water partition coefficient (Wildman–Crippen LogP) is 9.82. The van der Waals surface area contributed by atoms with Gasteiger partial charge in [-0.05, 0) is 147 Å². The van der Waals surface area contributed by atoms with Gasteiger partial charge in [0.05, 0.1) is 11.6 Å². The van der Waals surface area contributed by atoms with Crippen LogP contribution in [-0.2, 0) is 40.9 Å². The van der Waals surface area contributed by atoms with Crippen LogP contribution >= 0.6 is 0 Å². The number of hydrogen-bond donors (Lipinski definition) is 0. The number of rotatable bonds is 6. The normalized spacial score (nSPS) is 36.3. The molecule has 4 unspecified atom stereocenters. The zero-order chi connectivity index (χ0) is 47.6. The van der Waals surface area contributed by atoms with Gasteiger partial charge in [-0.2, -0.15) is 0 Å². The Balaban J connectivity index is 0.000000152. The van der Waals surface area contributed by atoms with Gasteiger partial charge in [0.25, 0.3) is 0 Å². The van der Waals surface area contributed by atoms with Crippen LogP contribution in [0.3, 0.4) is 0 Å². The Morgan fingerprint density at radius 1 is 0.493 bits per heavy atom. The van der Waals surface area contributed by atoms with Gasteiger partial charge in [-0.15, -0.1) is 60.4 Å². The first-order valence-corrected chi connectivity index (χ1v) is 25.0. The molecule has 0 bridgehead atoms. The summed E-state index contributed by atoms with van der Waals surface area (Å²) in [5.74, 6) is 3.96. The van der Waals surface area contributed by atoms with Crippen molar-refractivity contribution in [3.63, 3.8) is 0 Å². The van der Waals surface area contributed by atoms with Gasteiger partial charge in [0.15, 0.2) is 11.6 Å². The number of benzene rings is 2. The van der Waals surface area contributed by atoms with Crippen molar-refractivity contribution in [2.24, 2.45) is 57.2 Å². The Kier molecular flexibility index (Phi) is 16.9. The van der Waals surface area contributed by atoms with E-state index >= 15 is 0 Å². The first-order valence-electron chi connectivity index (χ1n) is 25.0. The molecule has 9 heteroatoms. The second-order valence-corrected chi connectivity index (χ2v) is 22.1. The van der Waals surface area contributed by atoms with E-state index in [4.69, 9.17) is 0 Å². The smallest absolute Gasteiger partial charge is 0.155 e. The summed E-state index contributed by atoms with van der Waals surface area (Å²) in [6, 6.07) is 17.4. The summed E-state index contributed by atoms with van der Waals surface area (Å²) in [5.41, 5.74) is 4.58. The molecule has 12 atom stereocenters. The summed E-state index contributed by atoms with van der Waals surface area (Å²) in [6.45, 7) is 12.1. The number of allylic oxidation sites excluding steroid dienone is 2. The van der Waals surface area contributed by atoms with Crippen molar-refractivity contribution in [3.8, 4) is 0 Å². The molecule has 2 aromatic rings. The van der Waals surface area contributed by atoms with Crippen LogP contribution in [0.1, 0.15) is 165 Å². The van der Waals surface area contributed by atoms with E-state index in [0.717, 1.165) is 102 Å². The van der Waals surface area contributed by atoms with Crippen LogP contribution in [0.2, 0.25) is 0 Å². The molecule has 8 aliphatic rings. The van der Waals surface area contributed by atoms with Crippen LogP contribution in [0.15, 0.2) is 84.0 Å². The molecule has 0 spiro atoms. The average molecular weight is 945 g/mol. The minimum Gasteiger partial charge on any atom is -0.852 e. The van der Waals surface area contributed by atoms with Gasteiger partial charge in [-0.1, -0.05) is 101 Å². The Morgan fingerprint density at radius 2 is 0.851 bits per heavy atom. The van der Waals surface area contributed by atoms with Crippen molar-refractivity contribution in [1.29, 1.82) is 0 Å². The Bertz CT molecular complexity index is 2060. The van der Waals surface area contributed by atoms with E-state index in [1.807, 2.05) is 24.3 Å². The maximum Gasteiger partial charge on any atom is 0.155 e. The summed E-state index contributed by atoms with van der Waals surface area (Å²) in [7, 11) is 0. The third-order valence-corrected chi connectivity index (χ3v) is 18.5. The Labute approximate surface area is 414 Å². The van der Waals surface area contributed by atoms with Crippen molar-refractivity contribution >= 4 is 34.7 Å². The number of fused-ring (bicyclic) bond motifs is 10. The van der Waals surface area contributed by atoms with Gasteiger partial charge in [-0.25, -0.2) is 0 Å². The Morgan fingerprint density at radius 3 is 1.19 bits per heavy atom. The number of carbonyl (C=O) groups is 6. The topological polar surface area (TPSA) is 149 Å². The van der Waals surface area contributed by atoms with E-state index in [-0.39, 0.29) is 78.7 Å². The van der Waals surface area contributed by atoms with E-state index in [0.29, 0.717) is 46.4 Å². The van der Waals surface area contributed by atoms with Crippen LogP contribution in [0.4, 0.5) is 0 Å². The third-order valence-electron chi connectivity index (χ3n) is 18.5. The fourth-order valence-corrected chi connectivity index (χ4v) is 14.8. The van der Waals surface area contributed by atoms with E-state index in [9.17, 15) is 39.0 Å². The summed E-state index contributed by atoms with van der Waals surface area (Å²) in [6.07, 6.45) is 22.4. The van der Waals surface area contributed by atoms with Gasteiger partial charge in [0, 0.05) is 46.1 Å². The molecule has 0 aliphatic heterocycles. The zero-order valence-corrected chi connectivity index (χ0v) is 42.3. The van der Waals surface area contributed by atoms with Gasteiger partial charge in [0.1, 0.15) is 0 Å². The quantitative estimate of drug-likeness (QED) is 0.120. The molecular weight excluding hydrogens is 872 g/mol. The van der Waals surface area contributed by atoms with Crippen LogP contribution < -0.4 is 10.2 Å². The fraction of sp³-hybridized carbons (Fsp3) is 0.586. The molecule has 360 valence electrons. The maximum absolute atomic E-state index is 12.4. The summed E-state index contributed by atoms with van der Waals surface area (Å²) >= 11 is 0. The number of hydrogen-bond acceptors (Lipinski definition) is 8. The molecule has 2 aromatic carbocycles. The minimum atomic E-state index is -0.332. The monoisotopic (exact) mass is 944 g/mol.